The van der Waals surface area contributed by atoms with Crippen LogP contribution in [0.25, 0.3) is 0 Å². The van der Waals surface area contributed by atoms with Gasteiger partial charge in [0.15, 0.2) is 0 Å². The Morgan fingerprint density at radius 2 is 2.50 bits per heavy atom. The molecule has 1 aliphatic heterocycles. The van der Waals surface area contributed by atoms with Crippen molar-refractivity contribution in [3.05, 3.63) is 0 Å². The van der Waals surface area contributed by atoms with Gasteiger partial charge in [-0.2, -0.15) is 0 Å². The predicted molar refractivity (Wildman–Crippen MR) is 33.0 cm³/mol. The molecule has 2 unspecified atom stereocenters. The molecule has 0 aliphatic carbocycles. The van der Waals surface area contributed by atoms with Crippen LogP contribution in [0.15, 0.2) is 0 Å². The molecular weight excluding hydrogens is 169 g/mol. The second kappa shape index (κ2) is 2.17. The second-order valence-electron chi connectivity index (χ2n) is 1.98. The monoisotopic (exact) mass is 179 g/mol. The summed E-state index contributed by atoms with van der Waals surface area (Å²) in [5.74, 6) is 0.269. The average molecular weight is 178 g/mol. The van der Waals surface area contributed by atoms with Gasteiger partial charge in [-0.3, -0.25) is 0 Å². The molecule has 1 heterocycles. The van der Waals surface area contributed by atoms with Crippen LogP contribution in [0.2, 0.25) is 10.1 Å². The van der Waals surface area contributed by atoms with Crippen LogP contribution in [0.4, 0.5) is 0 Å². The Labute approximate surface area is 55.0 Å². The van der Waals surface area contributed by atoms with Crippen molar-refractivity contribution in [3.8, 4) is 0 Å². The minimum absolute atomic E-state index is 0.120. The van der Waals surface area contributed by atoms with Gasteiger partial charge >= 0.3 is 54.4 Å². The zero-order valence-corrected chi connectivity index (χ0v) is 6.47. The van der Waals surface area contributed by atoms with Crippen molar-refractivity contribution in [1.82, 2.24) is 0 Å². The van der Waals surface area contributed by atoms with E-state index in [1.165, 1.54) is 0 Å². The van der Waals surface area contributed by atoms with Crippen molar-refractivity contribution in [1.29, 1.82) is 0 Å². The van der Waals surface area contributed by atoms with Crippen molar-refractivity contribution in [2.24, 2.45) is 5.73 Å². The fourth-order valence-corrected chi connectivity index (χ4v) is 2.81. The van der Waals surface area contributed by atoms with E-state index in [-0.39, 0.29) is 16.6 Å². The molecular formula is C5H9NOSe. The third kappa shape index (κ3) is 0.943. The number of hydrogen-bond donors (Lipinski definition) is 1. The molecule has 1 aliphatic rings. The molecule has 0 amide bonds. The van der Waals surface area contributed by atoms with Crippen molar-refractivity contribution in [3.63, 3.8) is 0 Å². The molecule has 2 atom stereocenters. The summed E-state index contributed by atoms with van der Waals surface area (Å²) in [5, 5.41) is 0.951. The number of rotatable bonds is 0. The maximum atomic E-state index is 10.8. The van der Waals surface area contributed by atoms with Crippen LogP contribution in [0.3, 0.4) is 0 Å². The standard InChI is InChI=1S/C5H9NOSe/c1-3-5(7)4(6)2-8-3/h3-4H,2,6H2,1H3. The minimum atomic E-state index is -0.120. The van der Waals surface area contributed by atoms with Crippen LogP contribution in [0.1, 0.15) is 6.92 Å². The Morgan fingerprint density at radius 1 is 1.88 bits per heavy atom. The van der Waals surface area contributed by atoms with Crippen molar-refractivity contribution < 1.29 is 4.79 Å². The number of carbonyl (C=O) groups excluding carboxylic acids is 1. The van der Waals surface area contributed by atoms with E-state index < -0.39 is 0 Å². The predicted octanol–water partition coefficient (Wildman–Crippen LogP) is -0.173. The van der Waals surface area contributed by atoms with Crippen LogP contribution in [-0.4, -0.2) is 26.8 Å². The van der Waals surface area contributed by atoms with Gasteiger partial charge < -0.3 is 0 Å². The molecule has 2 nitrogen and oxygen atoms in total. The summed E-state index contributed by atoms with van der Waals surface area (Å²) in [7, 11) is 0. The van der Waals surface area contributed by atoms with Crippen LogP contribution in [-0.2, 0) is 4.79 Å². The molecule has 0 aromatic carbocycles. The molecule has 1 fully saturated rings. The van der Waals surface area contributed by atoms with E-state index >= 15 is 0 Å². The van der Waals surface area contributed by atoms with Crippen LogP contribution in [0, 0.1) is 0 Å². The molecule has 0 bridgehead atoms. The summed E-state index contributed by atoms with van der Waals surface area (Å²) in [6.45, 7) is 1.97. The first-order chi connectivity index (χ1) is 3.72. The first kappa shape index (κ1) is 6.27. The molecule has 0 aromatic heterocycles. The van der Waals surface area contributed by atoms with Gasteiger partial charge in [0, 0.05) is 0 Å². The van der Waals surface area contributed by atoms with Gasteiger partial charge in [0.25, 0.3) is 0 Å². The molecule has 3 heteroatoms. The van der Waals surface area contributed by atoms with E-state index in [2.05, 4.69) is 0 Å². The number of nitrogens with two attached hydrogens (primary N) is 1. The molecule has 1 saturated heterocycles. The molecule has 0 spiro atoms. The number of ketones is 1. The number of Topliss-reactive ketones (excluding diaryl/α,β-unsaturated/α-hetero) is 1. The SMILES string of the molecule is CC1[Se]CC(N)C1=O. The van der Waals surface area contributed by atoms with E-state index in [0.29, 0.717) is 15.0 Å². The van der Waals surface area contributed by atoms with Crippen LogP contribution in [0.5, 0.6) is 0 Å². The van der Waals surface area contributed by atoms with E-state index in [0.717, 1.165) is 5.32 Å². The Bertz CT molecular complexity index is 103. The number of hydrogen-bond acceptors (Lipinski definition) is 2. The Hall–Kier alpha value is 0.149. The average Bonchev–Trinajstić information content (AvgIpc) is 1.98. The van der Waals surface area contributed by atoms with Gasteiger partial charge in [-0.15, -0.1) is 0 Å². The molecule has 0 saturated carbocycles. The fourth-order valence-electron chi connectivity index (χ4n) is 0.714. The summed E-state index contributed by atoms with van der Waals surface area (Å²) in [6.07, 6.45) is 0. The van der Waals surface area contributed by atoms with Gasteiger partial charge in [-0.1, -0.05) is 0 Å². The van der Waals surface area contributed by atoms with Gasteiger partial charge in [0.05, 0.1) is 0 Å². The van der Waals surface area contributed by atoms with E-state index in [1.54, 1.807) is 0 Å². The normalized spacial score (nSPS) is 38.5. The summed E-state index contributed by atoms with van der Waals surface area (Å²) < 4.78 is 0. The summed E-state index contributed by atoms with van der Waals surface area (Å²) in [5.41, 5.74) is 5.43. The molecule has 0 radical (unpaired) electrons. The fraction of sp³-hybridized carbons (Fsp3) is 0.800. The van der Waals surface area contributed by atoms with E-state index in [9.17, 15) is 4.79 Å². The number of carbonyl (C=O) groups is 1. The Balaban J connectivity index is 2.57. The van der Waals surface area contributed by atoms with E-state index in [4.69, 9.17) is 5.73 Å². The zero-order chi connectivity index (χ0) is 6.15. The molecule has 1 rings (SSSR count). The summed E-state index contributed by atoms with van der Waals surface area (Å²) in [6, 6.07) is -0.120. The van der Waals surface area contributed by atoms with Crippen molar-refractivity contribution in [2.45, 2.75) is 23.1 Å². The van der Waals surface area contributed by atoms with Crippen LogP contribution < -0.4 is 5.73 Å². The first-order valence-electron chi connectivity index (χ1n) is 2.62. The first-order valence-corrected chi connectivity index (χ1v) is 4.83. The van der Waals surface area contributed by atoms with Crippen molar-refractivity contribution in [2.75, 3.05) is 0 Å². The Kier molecular flexibility index (Phi) is 1.71. The van der Waals surface area contributed by atoms with Gasteiger partial charge in [0.1, 0.15) is 0 Å². The van der Waals surface area contributed by atoms with Gasteiger partial charge in [-0.25, -0.2) is 0 Å². The zero-order valence-electron chi connectivity index (χ0n) is 4.76. The quantitative estimate of drug-likeness (QED) is 0.523. The third-order valence-electron chi connectivity index (χ3n) is 1.29. The summed E-state index contributed by atoms with van der Waals surface area (Å²) in [4.78, 5) is 11.1. The Morgan fingerprint density at radius 3 is 2.62 bits per heavy atom. The van der Waals surface area contributed by atoms with E-state index in [1.807, 2.05) is 6.92 Å². The van der Waals surface area contributed by atoms with Crippen LogP contribution >= 0.6 is 0 Å². The second-order valence-corrected chi connectivity index (χ2v) is 4.87. The molecule has 0 aromatic rings. The maximum absolute atomic E-state index is 10.8. The molecule has 2 N–H and O–H groups in total. The van der Waals surface area contributed by atoms with Gasteiger partial charge in [-0.05, 0) is 0 Å². The molecule has 8 heavy (non-hydrogen) atoms. The summed E-state index contributed by atoms with van der Waals surface area (Å²) >= 11 is 0.497. The van der Waals surface area contributed by atoms with Gasteiger partial charge in [0.2, 0.25) is 0 Å². The third-order valence-corrected chi connectivity index (χ3v) is 3.99. The molecule has 46 valence electrons. The van der Waals surface area contributed by atoms with Crippen molar-refractivity contribution >= 4 is 20.7 Å². The topological polar surface area (TPSA) is 43.1 Å².